The first-order valence-electron chi connectivity index (χ1n) is 13.0. The van der Waals surface area contributed by atoms with Gasteiger partial charge in [-0.1, -0.05) is 85.2 Å². The second-order valence-corrected chi connectivity index (χ2v) is 12.6. The summed E-state index contributed by atoms with van der Waals surface area (Å²) in [6.45, 7) is 8.00. The normalized spacial score (nSPS) is 12.2. The van der Waals surface area contributed by atoms with E-state index in [4.69, 9.17) is 0 Å². The molecule has 0 bridgehead atoms. The molecule has 0 heterocycles. The molecule has 7 nitrogen and oxygen atoms in total. The first kappa shape index (κ1) is 30.4. The lowest BCUT2D eigenvalue weighted by molar-refractivity contribution is -0.140. The summed E-state index contributed by atoms with van der Waals surface area (Å²) < 4.78 is 29.4. The molecule has 0 unspecified atom stereocenters. The van der Waals surface area contributed by atoms with E-state index in [1.54, 1.807) is 42.5 Å². The van der Waals surface area contributed by atoms with Crippen LogP contribution in [0.4, 0.5) is 5.69 Å². The predicted octanol–water partition coefficient (Wildman–Crippen LogP) is 5.53. The molecule has 0 aromatic heterocycles. The van der Waals surface area contributed by atoms with Gasteiger partial charge in [0.15, 0.2) is 0 Å². The molecular weight excluding hydrogens is 578 g/mol. The zero-order valence-electron chi connectivity index (χ0n) is 22.8. The Balaban J connectivity index is 2.05. The van der Waals surface area contributed by atoms with Gasteiger partial charge in [0.05, 0.1) is 10.6 Å². The lowest BCUT2D eigenvalue weighted by atomic mass is 10.1. The number of carbonyl (C=O) groups excluding carboxylic acids is 2. The molecule has 1 atom stereocenters. The zero-order chi connectivity index (χ0) is 28.6. The number of carbonyl (C=O) groups is 2. The van der Waals surface area contributed by atoms with E-state index in [-0.39, 0.29) is 23.3 Å². The molecule has 0 aliphatic heterocycles. The Labute approximate surface area is 240 Å². The number of hydrogen-bond acceptors (Lipinski definition) is 4. The fourth-order valence-corrected chi connectivity index (χ4v) is 6.01. The molecule has 3 aromatic carbocycles. The topological polar surface area (TPSA) is 86.8 Å². The van der Waals surface area contributed by atoms with Gasteiger partial charge in [-0.25, -0.2) is 8.42 Å². The van der Waals surface area contributed by atoms with Crippen LogP contribution in [0.5, 0.6) is 0 Å². The minimum absolute atomic E-state index is 0.0740. The number of anilines is 1. The summed E-state index contributed by atoms with van der Waals surface area (Å²) in [5, 5.41) is 2.95. The van der Waals surface area contributed by atoms with Gasteiger partial charge in [-0.3, -0.25) is 13.9 Å². The van der Waals surface area contributed by atoms with Crippen molar-refractivity contribution in [1.82, 2.24) is 10.2 Å². The second kappa shape index (κ2) is 13.8. The van der Waals surface area contributed by atoms with Crippen molar-refractivity contribution in [2.45, 2.75) is 51.6 Å². The summed E-state index contributed by atoms with van der Waals surface area (Å²) >= 11 is 3.41. The molecule has 9 heteroatoms. The Kier molecular flexibility index (Phi) is 10.7. The third-order valence-electron chi connectivity index (χ3n) is 6.38. The molecule has 0 fully saturated rings. The van der Waals surface area contributed by atoms with E-state index >= 15 is 0 Å². The first-order valence-corrected chi connectivity index (χ1v) is 15.2. The van der Waals surface area contributed by atoms with Crippen molar-refractivity contribution in [1.29, 1.82) is 0 Å². The van der Waals surface area contributed by atoms with Crippen LogP contribution in [0.2, 0.25) is 0 Å². The molecule has 0 aliphatic rings. The summed E-state index contributed by atoms with van der Waals surface area (Å²) in [6, 6.07) is 21.8. The Morgan fingerprint density at radius 2 is 1.62 bits per heavy atom. The molecule has 3 rings (SSSR count). The fourth-order valence-electron chi connectivity index (χ4n) is 4.19. The SMILES string of the molecule is CC[C@@H](C(=O)NCC(C)C)N(Cc1ccccc1C)C(=O)CN(c1cccc(Br)c1)S(=O)(=O)c1ccccc1. The standard InChI is InChI=1S/C30H36BrN3O4S/c1-5-28(30(36)32-19-22(2)3)33(20-24-13-10-9-12-23(24)4)29(35)21-34(26-15-11-14-25(31)18-26)39(37,38)27-16-7-6-8-17-27/h6-18,22,28H,5,19-21H2,1-4H3,(H,32,36)/t28-/m0/s1. The molecule has 1 N–H and O–H groups in total. The van der Waals surface area contributed by atoms with Gasteiger partial charge in [-0.2, -0.15) is 0 Å². The molecule has 39 heavy (non-hydrogen) atoms. The Hall–Kier alpha value is -3.17. The number of hydrogen-bond donors (Lipinski definition) is 1. The van der Waals surface area contributed by atoms with Crippen molar-refractivity contribution < 1.29 is 18.0 Å². The van der Waals surface area contributed by atoms with Gasteiger partial charge >= 0.3 is 0 Å². The van der Waals surface area contributed by atoms with Gasteiger partial charge < -0.3 is 10.2 Å². The number of nitrogens with zero attached hydrogens (tertiary/aromatic N) is 2. The highest BCUT2D eigenvalue weighted by Crippen LogP contribution is 2.27. The Morgan fingerprint density at radius 3 is 2.23 bits per heavy atom. The van der Waals surface area contributed by atoms with E-state index in [1.165, 1.54) is 17.0 Å². The van der Waals surface area contributed by atoms with Crippen molar-refractivity contribution in [3.63, 3.8) is 0 Å². The Bertz CT molecular complexity index is 1380. The maximum atomic E-state index is 14.1. The van der Waals surface area contributed by atoms with Crippen LogP contribution < -0.4 is 9.62 Å². The van der Waals surface area contributed by atoms with Gasteiger partial charge in [-0.05, 0) is 60.7 Å². The number of sulfonamides is 1. The van der Waals surface area contributed by atoms with E-state index in [9.17, 15) is 18.0 Å². The second-order valence-electron chi connectivity index (χ2n) is 9.82. The summed E-state index contributed by atoms with van der Waals surface area (Å²) in [5.74, 6) is -0.479. The zero-order valence-corrected chi connectivity index (χ0v) is 25.2. The van der Waals surface area contributed by atoms with Crippen molar-refractivity contribution in [3.05, 3.63) is 94.5 Å². The van der Waals surface area contributed by atoms with Gasteiger partial charge in [-0.15, -0.1) is 0 Å². The number of nitrogens with one attached hydrogen (secondary N) is 1. The molecule has 0 spiro atoms. The van der Waals surface area contributed by atoms with Crippen molar-refractivity contribution in [2.75, 3.05) is 17.4 Å². The van der Waals surface area contributed by atoms with E-state index in [1.807, 2.05) is 52.0 Å². The highest BCUT2D eigenvalue weighted by Gasteiger charge is 2.33. The minimum Gasteiger partial charge on any atom is -0.354 e. The van der Waals surface area contributed by atoms with Crippen LogP contribution >= 0.6 is 15.9 Å². The van der Waals surface area contributed by atoms with Gasteiger partial charge in [0, 0.05) is 17.6 Å². The monoisotopic (exact) mass is 613 g/mol. The third kappa shape index (κ3) is 7.92. The molecule has 0 saturated heterocycles. The van der Waals surface area contributed by atoms with Crippen LogP contribution in [0.3, 0.4) is 0 Å². The summed E-state index contributed by atoms with van der Waals surface area (Å²) in [5.41, 5.74) is 2.21. The van der Waals surface area contributed by atoms with Crippen LogP contribution in [0.1, 0.15) is 38.3 Å². The number of halogens is 1. The van der Waals surface area contributed by atoms with E-state index < -0.39 is 28.5 Å². The van der Waals surface area contributed by atoms with Gasteiger partial charge in [0.2, 0.25) is 11.8 Å². The number of rotatable bonds is 12. The Morgan fingerprint density at radius 1 is 0.949 bits per heavy atom. The van der Waals surface area contributed by atoms with Crippen molar-refractivity contribution in [3.8, 4) is 0 Å². The molecule has 3 aromatic rings. The quantitative estimate of drug-likeness (QED) is 0.291. The van der Waals surface area contributed by atoms with Crippen LogP contribution in [-0.2, 0) is 26.2 Å². The molecule has 208 valence electrons. The molecule has 2 amide bonds. The fraction of sp³-hybridized carbons (Fsp3) is 0.333. The molecule has 0 saturated carbocycles. The highest BCUT2D eigenvalue weighted by atomic mass is 79.9. The van der Waals surface area contributed by atoms with Crippen molar-refractivity contribution in [2.24, 2.45) is 5.92 Å². The van der Waals surface area contributed by atoms with Gasteiger partial charge in [0.25, 0.3) is 10.0 Å². The van der Waals surface area contributed by atoms with E-state index in [0.29, 0.717) is 23.1 Å². The first-order chi connectivity index (χ1) is 18.5. The smallest absolute Gasteiger partial charge is 0.264 e. The van der Waals surface area contributed by atoms with Gasteiger partial charge in [0.1, 0.15) is 12.6 Å². The summed E-state index contributed by atoms with van der Waals surface area (Å²) in [4.78, 5) is 28.9. The van der Waals surface area contributed by atoms with Crippen LogP contribution in [0, 0.1) is 12.8 Å². The minimum atomic E-state index is -4.09. The molecule has 0 aliphatic carbocycles. The van der Waals surface area contributed by atoms with Crippen LogP contribution in [-0.4, -0.2) is 44.3 Å². The average Bonchev–Trinajstić information content (AvgIpc) is 2.91. The lowest BCUT2D eigenvalue weighted by Crippen LogP contribution is -2.52. The molecule has 0 radical (unpaired) electrons. The van der Waals surface area contributed by atoms with Crippen LogP contribution in [0.25, 0.3) is 0 Å². The number of benzene rings is 3. The van der Waals surface area contributed by atoms with E-state index in [2.05, 4.69) is 21.2 Å². The van der Waals surface area contributed by atoms with E-state index in [0.717, 1.165) is 15.4 Å². The molecular formula is C30H36BrN3O4S. The summed E-state index contributed by atoms with van der Waals surface area (Å²) in [6.07, 6.45) is 0.379. The highest BCUT2D eigenvalue weighted by molar-refractivity contribution is 9.10. The number of aryl methyl sites for hydroxylation is 1. The summed E-state index contributed by atoms with van der Waals surface area (Å²) in [7, 11) is -4.09. The maximum absolute atomic E-state index is 14.1. The lowest BCUT2D eigenvalue weighted by Gasteiger charge is -2.33. The predicted molar refractivity (Wildman–Crippen MR) is 159 cm³/mol. The van der Waals surface area contributed by atoms with Crippen molar-refractivity contribution >= 4 is 43.5 Å². The third-order valence-corrected chi connectivity index (χ3v) is 8.66. The maximum Gasteiger partial charge on any atom is 0.264 e. The largest absolute Gasteiger partial charge is 0.354 e. The average molecular weight is 615 g/mol. The van der Waals surface area contributed by atoms with Crippen LogP contribution in [0.15, 0.2) is 88.2 Å². The number of amides is 2.